The average Bonchev–Trinajstić information content (AvgIpc) is 2.52. The van der Waals surface area contributed by atoms with E-state index in [1.807, 2.05) is 12.1 Å². The molecule has 0 amide bonds. The lowest BCUT2D eigenvalue weighted by Gasteiger charge is -2.25. The monoisotopic (exact) mass is 275 g/mol. The number of benzene rings is 1. The van der Waals surface area contributed by atoms with Crippen molar-refractivity contribution in [2.75, 3.05) is 40.0 Å². The molecule has 1 fully saturated rings. The lowest BCUT2D eigenvalue weighted by molar-refractivity contribution is 0.0434. The van der Waals surface area contributed by atoms with E-state index in [-0.39, 0.29) is 0 Å². The van der Waals surface area contributed by atoms with E-state index in [4.69, 9.17) is 9.47 Å². The summed E-state index contributed by atoms with van der Waals surface area (Å²) < 4.78 is 10.5. The maximum Gasteiger partial charge on any atom is 0.118 e. The smallest absolute Gasteiger partial charge is 0.118 e. The number of allylic oxidation sites excluding steroid dienone is 1. The van der Waals surface area contributed by atoms with E-state index in [2.05, 4.69) is 36.1 Å². The molecule has 1 aliphatic rings. The fraction of sp³-hybridized carbons (Fsp3) is 0.529. The minimum Gasteiger partial charge on any atom is -0.497 e. The first-order valence-corrected chi connectivity index (χ1v) is 7.38. The van der Waals surface area contributed by atoms with Gasteiger partial charge in [0.05, 0.1) is 20.3 Å². The number of rotatable bonds is 6. The molecule has 3 nitrogen and oxygen atoms in total. The zero-order valence-corrected chi connectivity index (χ0v) is 12.5. The summed E-state index contributed by atoms with van der Waals surface area (Å²) in [6, 6.07) is 8.37. The molecule has 0 bridgehead atoms. The van der Waals surface area contributed by atoms with Gasteiger partial charge in [0.15, 0.2) is 0 Å². The van der Waals surface area contributed by atoms with Gasteiger partial charge in [0.25, 0.3) is 0 Å². The molecule has 1 heterocycles. The third-order valence-corrected chi connectivity index (χ3v) is 3.81. The molecule has 1 aromatic carbocycles. The highest BCUT2D eigenvalue weighted by Crippen LogP contribution is 2.22. The predicted octanol–water partition coefficient (Wildman–Crippen LogP) is 3.08. The predicted molar refractivity (Wildman–Crippen MR) is 82.4 cm³/mol. The molecule has 1 aliphatic heterocycles. The topological polar surface area (TPSA) is 21.7 Å². The second-order valence-corrected chi connectivity index (χ2v) is 5.29. The fourth-order valence-corrected chi connectivity index (χ4v) is 2.38. The maximum absolute atomic E-state index is 5.34. The summed E-state index contributed by atoms with van der Waals surface area (Å²) in [5, 5.41) is 0. The highest BCUT2D eigenvalue weighted by atomic mass is 16.5. The first-order chi connectivity index (χ1) is 9.79. The summed E-state index contributed by atoms with van der Waals surface area (Å²) in [5.74, 6) is 1.46. The Morgan fingerprint density at radius 3 is 2.55 bits per heavy atom. The molecule has 1 unspecified atom stereocenters. The molecule has 0 radical (unpaired) electrons. The molecule has 0 aromatic heterocycles. The summed E-state index contributed by atoms with van der Waals surface area (Å²) in [7, 11) is 1.70. The molecular weight excluding hydrogens is 250 g/mol. The molecule has 110 valence electrons. The van der Waals surface area contributed by atoms with Crippen molar-refractivity contribution in [1.29, 1.82) is 0 Å². The van der Waals surface area contributed by atoms with Crippen LogP contribution in [0, 0.1) is 0 Å². The Morgan fingerprint density at radius 1 is 1.20 bits per heavy atom. The number of hydrogen-bond acceptors (Lipinski definition) is 3. The van der Waals surface area contributed by atoms with Crippen LogP contribution in [0.15, 0.2) is 36.4 Å². The Morgan fingerprint density at radius 2 is 1.90 bits per heavy atom. The van der Waals surface area contributed by atoms with Crippen molar-refractivity contribution in [3.63, 3.8) is 0 Å². The lowest BCUT2D eigenvalue weighted by Crippen LogP contribution is -2.36. The Hall–Kier alpha value is -1.32. The second-order valence-electron chi connectivity index (χ2n) is 5.29. The molecule has 20 heavy (non-hydrogen) atoms. The molecular formula is C17H25NO2. The SMILES string of the molecule is COc1ccc(C(C)C/C=C/CN2CCOCC2)cc1. The third kappa shape index (κ3) is 4.66. The van der Waals surface area contributed by atoms with Gasteiger partial charge in [-0.05, 0) is 30.0 Å². The summed E-state index contributed by atoms with van der Waals surface area (Å²) in [6.45, 7) is 7.16. The number of nitrogens with zero attached hydrogens (tertiary/aromatic N) is 1. The molecule has 0 N–H and O–H groups in total. The van der Waals surface area contributed by atoms with E-state index in [1.54, 1.807) is 7.11 Å². The Labute approximate surface area is 122 Å². The summed E-state index contributed by atoms with van der Waals surface area (Å²) in [5.41, 5.74) is 1.36. The number of morpholine rings is 1. The number of hydrogen-bond donors (Lipinski definition) is 0. The Kier molecular flexibility index (Phi) is 6.09. The van der Waals surface area contributed by atoms with E-state index in [0.29, 0.717) is 5.92 Å². The van der Waals surface area contributed by atoms with Gasteiger partial charge >= 0.3 is 0 Å². The van der Waals surface area contributed by atoms with Crippen LogP contribution >= 0.6 is 0 Å². The maximum atomic E-state index is 5.34. The number of methoxy groups -OCH3 is 1. The zero-order valence-electron chi connectivity index (χ0n) is 12.5. The molecule has 0 spiro atoms. The highest BCUT2D eigenvalue weighted by molar-refractivity contribution is 5.29. The van der Waals surface area contributed by atoms with Gasteiger partial charge in [-0.3, -0.25) is 4.90 Å². The Balaban J connectivity index is 1.74. The number of ether oxygens (including phenoxy) is 2. The van der Waals surface area contributed by atoms with Gasteiger partial charge in [0, 0.05) is 19.6 Å². The third-order valence-electron chi connectivity index (χ3n) is 3.81. The van der Waals surface area contributed by atoms with E-state index in [1.165, 1.54) is 5.56 Å². The molecule has 3 heteroatoms. The van der Waals surface area contributed by atoms with Crippen molar-refractivity contribution in [2.45, 2.75) is 19.3 Å². The summed E-state index contributed by atoms with van der Waals surface area (Å²) in [4.78, 5) is 2.43. The second kappa shape index (κ2) is 8.08. The van der Waals surface area contributed by atoms with Crippen molar-refractivity contribution in [1.82, 2.24) is 4.90 Å². The van der Waals surface area contributed by atoms with Gasteiger partial charge in [-0.1, -0.05) is 31.2 Å². The van der Waals surface area contributed by atoms with Crippen LogP contribution < -0.4 is 4.74 Å². The minimum absolute atomic E-state index is 0.543. The van der Waals surface area contributed by atoms with Gasteiger partial charge in [0.2, 0.25) is 0 Å². The van der Waals surface area contributed by atoms with E-state index in [9.17, 15) is 0 Å². The fourth-order valence-electron chi connectivity index (χ4n) is 2.38. The average molecular weight is 275 g/mol. The lowest BCUT2D eigenvalue weighted by atomic mass is 9.97. The largest absolute Gasteiger partial charge is 0.497 e. The van der Waals surface area contributed by atoms with Crippen LogP contribution in [0.4, 0.5) is 0 Å². The van der Waals surface area contributed by atoms with E-state index in [0.717, 1.165) is 45.0 Å². The van der Waals surface area contributed by atoms with Gasteiger partial charge in [-0.2, -0.15) is 0 Å². The van der Waals surface area contributed by atoms with Crippen LogP contribution in [0.5, 0.6) is 5.75 Å². The van der Waals surface area contributed by atoms with Crippen molar-refractivity contribution in [2.24, 2.45) is 0 Å². The van der Waals surface area contributed by atoms with Crippen LogP contribution in [-0.4, -0.2) is 44.9 Å². The van der Waals surface area contributed by atoms with Crippen LogP contribution in [0.25, 0.3) is 0 Å². The molecule has 1 saturated heterocycles. The molecule has 0 saturated carbocycles. The van der Waals surface area contributed by atoms with E-state index >= 15 is 0 Å². The van der Waals surface area contributed by atoms with Gasteiger partial charge in [0.1, 0.15) is 5.75 Å². The first-order valence-electron chi connectivity index (χ1n) is 7.38. The van der Waals surface area contributed by atoms with Crippen molar-refractivity contribution >= 4 is 0 Å². The van der Waals surface area contributed by atoms with Crippen LogP contribution in [0.2, 0.25) is 0 Å². The van der Waals surface area contributed by atoms with Crippen molar-refractivity contribution in [3.05, 3.63) is 42.0 Å². The van der Waals surface area contributed by atoms with E-state index < -0.39 is 0 Å². The van der Waals surface area contributed by atoms with Crippen LogP contribution in [-0.2, 0) is 4.74 Å². The van der Waals surface area contributed by atoms with Crippen LogP contribution in [0.3, 0.4) is 0 Å². The van der Waals surface area contributed by atoms with Crippen LogP contribution in [0.1, 0.15) is 24.8 Å². The molecule has 0 aliphatic carbocycles. The summed E-state index contributed by atoms with van der Waals surface area (Å²) >= 11 is 0. The molecule has 1 aromatic rings. The van der Waals surface area contributed by atoms with Gasteiger partial charge < -0.3 is 9.47 Å². The van der Waals surface area contributed by atoms with Crippen molar-refractivity contribution in [3.8, 4) is 5.75 Å². The molecule has 2 rings (SSSR count). The first kappa shape index (κ1) is 15.1. The van der Waals surface area contributed by atoms with Gasteiger partial charge in [-0.25, -0.2) is 0 Å². The standard InChI is InChI=1S/C17H25NO2/c1-15(16-6-8-17(19-2)9-7-16)5-3-4-10-18-11-13-20-14-12-18/h3-4,6-9,15H,5,10-14H2,1-2H3/b4-3+. The Bertz CT molecular complexity index is 408. The highest BCUT2D eigenvalue weighted by Gasteiger charge is 2.08. The normalized spacial score (nSPS) is 18.3. The summed E-state index contributed by atoms with van der Waals surface area (Å²) in [6.07, 6.45) is 5.66. The van der Waals surface area contributed by atoms with Gasteiger partial charge in [-0.15, -0.1) is 0 Å². The minimum atomic E-state index is 0.543. The molecule has 1 atom stereocenters. The zero-order chi connectivity index (χ0) is 14.2. The van der Waals surface area contributed by atoms with Crippen molar-refractivity contribution < 1.29 is 9.47 Å². The quantitative estimate of drug-likeness (QED) is 0.745.